The minimum absolute atomic E-state index is 0.362. The van der Waals surface area contributed by atoms with Gasteiger partial charge in [-0.05, 0) is 61.7 Å². The van der Waals surface area contributed by atoms with Gasteiger partial charge in [-0.25, -0.2) is 4.98 Å². The molecule has 0 aliphatic heterocycles. The standard InChI is InChI=1S/C29H32N2O4/c1-4-11-22-16-17-27(28(20-22)33-3)34-19-10-9-18-31-24-13-6-5-12-23(24)30-29(31)21-35-26-15-8-7-14-25(26)32-2/h4-8,11-17,20H,9-10,18-19,21H2,1-3H3/b11-4+. The maximum Gasteiger partial charge on any atom is 0.161 e. The minimum Gasteiger partial charge on any atom is -0.493 e. The van der Waals surface area contributed by atoms with E-state index in [1.807, 2.05) is 79.7 Å². The van der Waals surface area contributed by atoms with Gasteiger partial charge in [-0.3, -0.25) is 0 Å². The van der Waals surface area contributed by atoms with Gasteiger partial charge in [0.25, 0.3) is 0 Å². The fourth-order valence-corrected chi connectivity index (χ4v) is 4.02. The van der Waals surface area contributed by atoms with Crippen molar-refractivity contribution >= 4 is 17.1 Å². The summed E-state index contributed by atoms with van der Waals surface area (Å²) in [5, 5.41) is 0. The Morgan fingerprint density at radius 1 is 0.800 bits per heavy atom. The highest BCUT2D eigenvalue weighted by Crippen LogP contribution is 2.29. The van der Waals surface area contributed by atoms with Gasteiger partial charge in [-0.1, -0.05) is 42.5 Å². The Morgan fingerprint density at radius 3 is 2.34 bits per heavy atom. The number of allylic oxidation sites excluding steroid dienone is 1. The maximum atomic E-state index is 6.07. The Balaban J connectivity index is 1.38. The van der Waals surface area contributed by atoms with Crippen molar-refractivity contribution in [1.29, 1.82) is 0 Å². The Morgan fingerprint density at radius 2 is 1.54 bits per heavy atom. The highest BCUT2D eigenvalue weighted by molar-refractivity contribution is 5.75. The van der Waals surface area contributed by atoms with Crippen molar-refractivity contribution in [3.63, 3.8) is 0 Å². The molecule has 0 aliphatic rings. The van der Waals surface area contributed by atoms with Gasteiger partial charge in [-0.15, -0.1) is 0 Å². The van der Waals surface area contributed by atoms with Crippen molar-refractivity contribution < 1.29 is 18.9 Å². The number of imidazole rings is 1. The van der Waals surface area contributed by atoms with Crippen molar-refractivity contribution in [2.45, 2.75) is 32.9 Å². The molecule has 4 rings (SSSR count). The van der Waals surface area contributed by atoms with Gasteiger partial charge in [0.1, 0.15) is 12.4 Å². The van der Waals surface area contributed by atoms with Gasteiger partial charge in [-0.2, -0.15) is 0 Å². The summed E-state index contributed by atoms with van der Waals surface area (Å²) in [6, 6.07) is 21.8. The topological polar surface area (TPSA) is 54.7 Å². The number of aryl methyl sites for hydroxylation is 1. The molecule has 0 saturated heterocycles. The number of nitrogens with zero attached hydrogens (tertiary/aromatic N) is 2. The first-order chi connectivity index (χ1) is 17.2. The van der Waals surface area contributed by atoms with Crippen LogP contribution < -0.4 is 18.9 Å². The van der Waals surface area contributed by atoms with Crippen molar-refractivity contribution in [3.05, 3.63) is 84.2 Å². The zero-order valence-corrected chi connectivity index (χ0v) is 20.6. The molecule has 0 spiro atoms. The van der Waals surface area contributed by atoms with Crippen LogP contribution in [0, 0.1) is 0 Å². The molecule has 1 heterocycles. The van der Waals surface area contributed by atoms with E-state index in [1.165, 1.54) is 0 Å². The molecule has 6 nitrogen and oxygen atoms in total. The van der Waals surface area contributed by atoms with Crippen molar-refractivity contribution in [3.8, 4) is 23.0 Å². The first-order valence-corrected chi connectivity index (χ1v) is 11.9. The monoisotopic (exact) mass is 472 g/mol. The molecule has 35 heavy (non-hydrogen) atoms. The molecule has 0 unspecified atom stereocenters. The number of methoxy groups -OCH3 is 2. The highest BCUT2D eigenvalue weighted by Gasteiger charge is 2.12. The molecule has 3 aromatic carbocycles. The lowest BCUT2D eigenvalue weighted by atomic mass is 10.2. The lowest BCUT2D eigenvalue weighted by molar-refractivity contribution is 0.268. The maximum absolute atomic E-state index is 6.07. The van der Waals surface area contributed by atoms with Crippen LogP contribution in [-0.4, -0.2) is 30.4 Å². The van der Waals surface area contributed by atoms with E-state index in [-0.39, 0.29) is 0 Å². The third-order valence-electron chi connectivity index (χ3n) is 5.74. The summed E-state index contributed by atoms with van der Waals surface area (Å²) in [6.07, 6.45) is 5.89. The fraction of sp³-hybridized carbons (Fsp3) is 0.276. The number of aromatic nitrogens is 2. The lowest BCUT2D eigenvalue weighted by Crippen LogP contribution is -2.09. The third kappa shape index (κ3) is 5.96. The van der Waals surface area contributed by atoms with E-state index in [2.05, 4.69) is 10.6 Å². The number of hydrogen-bond donors (Lipinski definition) is 0. The molecule has 0 amide bonds. The van der Waals surface area contributed by atoms with Gasteiger partial charge in [0.2, 0.25) is 0 Å². The molecular formula is C29H32N2O4. The molecular weight excluding hydrogens is 440 g/mol. The van der Waals surface area contributed by atoms with Gasteiger partial charge in [0.05, 0.1) is 31.9 Å². The molecule has 182 valence electrons. The molecule has 1 aromatic heterocycles. The first-order valence-electron chi connectivity index (χ1n) is 11.9. The predicted octanol–water partition coefficient (Wildman–Crippen LogP) is 6.52. The van der Waals surface area contributed by atoms with E-state index in [9.17, 15) is 0 Å². The molecule has 0 bridgehead atoms. The summed E-state index contributed by atoms with van der Waals surface area (Å²) < 4.78 is 25.2. The van der Waals surface area contributed by atoms with Crippen LogP contribution in [0.3, 0.4) is 0 Å². The van der Waals surface area contributed by atoms with Gasteiger partial charge in [0.15, 0.2) is 23.0 Å². The fourth-order valence-electron chi connectivity index (χ4n) is 4.02. The molecule has 0 N–H and O–H groups in total. The summed E-state index contributed by atoms with van der Waals surface area (Å²) in [5.74, 6) is 3.81. The molecule has 0 saturated carbocycles. The Bertz CT molecular complexity index is 1280. The van der Waals surface area contributed by atoms with Gasteiger partial charge in [0, 0.05) is 6.54 Å². The van der Waals surface area contributed by atoms with Crippen LogP contribution in [0.4, 0.5) is 0 Å². The van der Waals surface area contributed by atoms with Crippen molar-refractivity contribution in [1.82, 2.24) is 9.55 Å². The largest absolute Gasteiger partial charge is 0.493 e. The van der Waals surface area contributed by atoms with E-state index in [1.54, 1.807) is 14.2 Å². The molecule has 0 aliphatic carbocycles. The van der Waals surface area contributed by atoms with E-state index < -0.39 is 0 Å². The van der Waals surface area contributed by atoms with E-state index >= 15 is 0 Å². The number of unbranched alkanes of at least 4 members (excludes halogenated alkanes) is 1. The number of fused-ring (bicyclic) bond motifs is 1. The molecule has 0 fully saturated rings. The number of benzene rings is 3. The van der Waals surface area contributed by atoms with Crippen LogP contribution in [-0.2, 0) is 13.2 Å². The average molecular weight is 473 g/mol. The van der Waals surface area contributed by atoms with Crippen LogP contribution in [0.2, 0.25) is 0 Å². The van der Waals surface area contributed by atoms with Gasteiger partial charge < -0.3 is 23.5 Å². The second kappa shape index (κ2) is 12.0. The number of hydrogen-bond acceptors (Lipinski definition) is 5. The zero-order chi connectivity index (χ0) is 24.5. The molecule has 6 heteroatoms. The second-order valence-corrected chi connectivity index (χ2v) is 8.07. The van der Waals surface area contributed by atoms with E-state index in [0.29, 0.717) is 24.7 Å². The van der Waals surface area contributed by atoms with E-state index in [4.69, 9.17) is 23.9 Å². The van der Waals surface area contributed by atoms with Crippen LogP contribution in [0.15, 0.2) is 72.8 Å². The van der Waals surface area contributed by atoms with Crippen molar-refractivity contribution in [2.75, 3.05) is 20.8 Å². The summed E-state index contributed by atoms with van der Waals surface area (Å²) >= 11 is 0. The smallest absolute Gasteiger partial charge is 0.161 e. The average Bonchev–Trinajstić information content (AvgIpc) is 3.25. The lowest BCUT2D eigenvalue weighted by Gasteiger charge is -2.13. The Hall–Kier alpha value is -3.93. The number of rotatable bonds is 12. The summed E-state index contributed by atoms with van der Waals surface area (Å²) in [5.41, 5.74) is 3.16. The Kier molecular flexibility index (Phi) is 8.28. The zero-order valence-electron chi connectivity index (χ0n) is 20.6. The Labute approximate surface area is 206 Å². The SMILES string of the molecule is C/C=C/c1ccc(OCCCCn2c(COc3ccccc3OC)nc3ccccc32)c(OC)c1. The van der Waals surface area contributed by atoms with Crippen LogP contribution in [0.5, 0.6) is 23.0 Å². The first kappa shape index (κ1) is 24.2. The van der Waals surface area contributed by atoms with E-state index in [0.717, 1.165) is 53.3 Å². The van der Waals surface area contributed by atoms with Crippen molar-refractivity contribution in [2.24, 2.45) is 0 Å². The summed E-state index contributed by atoms with van der Waals surface area (Å²) in [6.45, 7) is 3.79. The minimum atomic E-state index is 0.362. The van der Waals surface area contributed by atoms with Gasteiger partial charge >= 0.3 is 0 Å². The highest BCUT2D eigenvalue weighted by atomic mass is 16.5. The normalized spacial score (nSPS) is 11.2. The number of ether oxygens (including phenoxy) is 4. The van der Waals surface area contributed by atoms with Crippen LogP contribution >= 0.6 is 0 Å². The molecule has 4 aromatic rings. The summed E-state index contributed by atoms with van der Waals surface area (Å²) in [7, 11) is 3.31. The summed E-state index contributed by atoms with van der Waals surface area (Å²) in [4.78, 5) is 4.82. The third-order valence-corrected chi connectivity index (χ3v) is 5.74. The predicted molar refractivity (Wildman–Crippen MR) is 139 cm³/mol. The van der Waals surface area contributed by atoms with Crippen LogP contribution in [0.1, 0.15) is 31.2 Å². The molecule has 0 radical (unpaired) electrons. The van der Waals surface area contributed by atoms with Crippen LogP contribution in [0.25, 0.3) is 17.1 Å². The molecule has 0 atom stereocenters. The quantitative estimate of drug-likeness (QED) is 0.220. The number of para-hydroxylation sites is 4. The second-order valence-electron chi connectivity index (χ2n) is 8.07.